The van der Waals surface area contributed by atoms with Crippen molar-refractivity contribution in [2.24, 2.45) is 5.73 Å². The molecule has 1 aromatic carbocycles. The van der Waals surface area contributed by atoms with E-state index in [4.69, 9.17) is 10.5 Å². The molecule has 16 heavy (non-hydrogen) atoms. The number of benzene rings is 1. The highest BCUT2D eigenvalue weighted by atomic mass is 16.5. The van der Waals surface area contributed by atoms with Crippen LogP contribution >= 0.6 is 0 Å². The van der Waals surface area contributed by atoms with Gasteiger partial charge in [0, 0.05) is 30.8 Å². The Balaban J connectivity index is 1.94. The van der Waals surface area contributed by atoms with Gasteiger partial charge in [-0.1, -0.05) is 6.07 Å². The Bertz CT molecular complexity index is 403. The molecule has 2 aliphatic rings. The van der Waals surface area contributed by atoms with E-state index in [-0.39, 0.29) is 0 Å². The smallest absolute Gasteiger partial charge is 0.124 e. The summed E-state index contributed by atoms with van der Waals surface area (Å²) in [6.07, 6.45) is 3.31. The van der Waals surface area contributed by atoms with Crippen LogP contribution in [0.5, 0.6) is 5.75 Å². The summed E-state index contributed by atoms with van der Waals surface area (Å²) >= 11 is 0. The Kier molecular flexibility index (Phi) is 2.48. The summed E-state index contributed by atoms with van der Waals surface area (Å²) in [6, 6.07) is 4.36. The highest BCUT2D eigenvalue weighted by Gasteiger charge is 2.26. The predicted molar refractivity (Wildman–Crippen MR) is 65.2 cm³/mol. The molecule has 0 fully saturated rings. The second-order valence-electron chi connectivity index (χ2n) is 4.53. The molecule has 0 saturated heterocycles. The Hall–Kier alpha value is -1.22. The first-order chi connectivity index (χ1) is 7.90. The number of fused-ring (bicyclic) bond motifs is 3. The molecule has 1 aromatic rings. The van der Waals surface area contributed by atoms with E-state index in [1.807, 2.05) is 0 Å². The van der Waals surface area contributed by atoms with Crippen LogP contribution in [0.2, 0.25) is 0 Å². The van der Waals surface area contributed by atoms with Crippen LogP contribution in [0, 0.1) is 0 Å². The second-order valence-corrected chi connectivity index (χ2v) is 4.53. The van der Waals surface area contributed by atoms with E-state index >= 15 is 0 Å². The van der Waals surface area contributed by atoms with Crippen LogP contribution in [0.4, 0.5) is 5.69 Å². The highest BCUT2D eigenvalue weighted by Crippen LogP contribution is 2.40. The Labute approximate surface area is 96.2 Å². The second kappa shape index (κ2) is 3.98. The number of hydrogen-bond acceptors (Lipinski definition) is 3. The molecule has 0 radical (unpaired) electrons. The van der Waals surface area contributed by atoms with Crippen LogP contribution in [0.1, 0.15) is 17.5 Å². The molecule has 2 heterocycles. The molecular formula is C13H18N2O. The van der Waals surface area contributed by atoms with Gasteiger partial charge in [0.15, 0.2) is 0 Å². The fourth-order valence-corrected chi connectivity index (χ4v) is 2.77. The molecule has 2 aliphatic heterocycles. The molecule has 0 atom stereocenters. The van der Waals surface area contributed by atoms with Crippen molar-refractivity contribution in [3.05, 3.63) is 23.3 Å². The SMILES string of the molecule is NCCCN1CCc2ccc3c(c21)CCO3. The van der Waals surface area contributed by atoms with E-state index in [0.717, 1.165) is 44.8 Å². The molecule has 0 unspecified atom stereocenters. The molecule has 3 heteroatoms. The standard InChI is InChI=1S/C13H18N2O/c14-6-1-7-15-8-4-10-2-3-12-11(13(10)15)5-9-16-12/h2-3H,1,4-9,14H2. The third-order valence-electron chi connectivity index (χ3n) is 3.53. The number of nitrogens with zero attached hydrogens (tertiary/aromatic N) is 1. The van der Waals surface area contributed by atoms with Crippen molar-refractivity contribution >= 4 is 5.69 Å². The topological polar surface area (TPSA) is 38.5 Å². The maximum Gasteiger partial charge on any atom is 0.124 e. The zero-order chi connectivity index (χ0) is 11.0. The first-order valence-corrected chi connectivity index (χ1v) is 6.12. The molecule has 3 nitrogen and oxygen atoms in total. The lowest BCUT2D eigenvalue weighted by molar-refractivity contribution is 0.357. The molecule has 0 aliphatic carbocycles. The van der Waals surface area contributed by atoms with E-state index in [1.165, 1.54) is 23.2 Å². The van der Waals surface area contributed by atoms with Crippen molar-refractivity contribution in [2.75, 3.05) is 31.1 Å². The fourth-order valence-electron chi connectivity index (χ4n) is 2.77. The average Bonchev–Trinajstić information content (AvgIpc) is 2.91. The number of rotatable bonds is 3. The van der Waals surface area contributed by atoms with Crippen LogP contribution in [0.15, 0.2) is 12.1 Å². The molecular weight excluding hydrogens is 200 g/mol. The third kappa shape index (κ3) is 1.47. The van der Waals surface area contributed by atoms with Gasteiger partial charge in [0.05, 0.1) is 6.61 Å². The van der Waals surface area contributed by atoms with Crippen molar-refractivity contribution in [3.63, 3.8) is 0 Å². The first kappa shape index (κ1) is 9.97. The highest BCUT2D eigenvalue weighted by molar-refractivity contribution is 5.68. The minimum absolute atomic E-state index is 0.775. The summed E-state index contributed by atoms with van der Waals surface area (Å²) in [5.74, 6) is 1.10. The molecule has 3 rings (SSSR count). The quantitative estimate of drug-likeness (QED) is 0.832. The van der Waals surface area contributed by atoms with Gasteiger partial charge >= 0.3 is 0 Å². The van der Waals surface area contributed by atoms with Gasteiger partial charge in [-0.3, -0.25) is 0 Å². The number of nitrogens with two attached hydrogens (primary N) is 1. The van der Waals surface area contributed by atoms with Gasteiger partial charge in [0.25, 0.3) is 0 Å². The van der Waals surface area contributed by atoms with Gasteiger partial charge in [0.1, 0.15) is 5.75 Å². The van der Waals surface area contributed by atoms with Gasteiger partial charge in [0.2, 0.25) is 0 Å². The van der Waals surface area contributed by atoms with E-state index in [0.29, 0.717) is 0 Å². The van der Waals surface area contributed by atoms with E-state index in [9.17, 15) is 0 Å². The minimum atomic E-state index is 0.775. The van der Waals surface area contributed by atoms with Gasteiger partial charge in [-0.2, -0.15) is 0 Å². The molecule has 0 bridgehead atoms. The summed E-state index contributed by atoms with van der Waals surface area (Å²) < 4.78 is 5.63. The number of anilines is 1. The summed E-state index contributed by atoms with van der Waals surface area (Å²) in [4.78, 5) is 2.48. The summed E-state index contributed by atoms with van der Waals surface area (Å²) in [5, 5.41) is 0. The average molecular weight is 218 g/mol. The van der Waals surface area contributed by atoms with Crippen molar-refractivity contribution in [3.8, 4) is 5.75 Å². The van der Waals surface area contributed by atoms with Crippen molar-refractivity contribution < 1.29 is 4.74 Å². The zero-order valence-corrected chi connectivity index (χ0v) is 9.54. The van der Waals surface area contributed by atoms with Crippen molar-refractivity contribution in [1.82, 2.24) is 0 Å². The molecule has 0 amide bonds. The summed E-state index contributed by atoms with van der Waals surface area (Å²) in [6.45, 7) is 3.85. The molecule has 0 aromatic heterocycles. The van der Waals surface area contributed by atoms with Crippen molar-refractivity contribution in [1.29, 1.82) is 0 Å². The molecule has 0 spiro atoms. The Morgan fingerprint density at radius 3 is 3.12 bits per heavy atom. The Morgan fingerprint density at radius 2 is 2.25 bits per heavy atom. The van der Waals surface area contributed by atoms with Gasteiger partial charge in [-0.15, -0.1) is 0 Å². The van der Waals surface area contributed by atoms with Crippen LogP contribution < -0.4 is 15.4 Å². The maximum atomic E-state index is 5.63. The third-order valence-corrected chi connectivity index (χ3v) is 3.53. The van der Waals surface area contributed by atoms with Crippen LogP contribution in [-0.4, -0.2) is 26.2 Å². The first-order valence-electron chi connectivity index (χ1n) is 6.12. The maximum absolute atomic E-state index is 5.63. The van der Waals surface area contributed by atoms with Gasteiger partial charge < -0.3 is 15.4 Å². The largest absolute Gasteiger partial charge is 0.493 e. The zero-order valence-electron chi connectivity index (χ0n) is 9.54. The van der Waals surface area contributed by atoms with Crippen LogP contribution in [-0.2, 0) is 12.8 Å². The Morgan fingerprint density at radius 1 is 1.31 bits per heavy atom. The monoisotopic (exact) mass is 218 g/mol. The van der Waals surface area contributed by atoms with E-state index in [2.05, 4.69) is 17.0 Å². The van der Waals surface area contributed by atoms with Gasteiger partial charge in [-0.25, -0.2) is 0 Å². The predicted octanol–water partition coefficient (Wildman–Crippen LogP) is 1.33. The van der Waals surface area contributed by atoms with E-state index in [1.54, 1.807) is 0 Å². The summed E-state index contributed by atoms with van der Waals surface area (Å²) in [7, 11) is 0. The lowest BCUT2D eigenvalue weighted by atomic mass is 10.1. The minimum Gasteiger partial charge on any atom is -0.493 e. The molecule has 2 N–H and O–H groups in total. The molecule has 86 valence electrons. The lowest BCUT2D eigenvalue weighted by Gasteiger charge is -2.21. The lowest BCUT2D eigenvalue weighted by Crippen LogP contribution is -2.24. The van der Waals surface area contributed by atoms with Crippen LogP contribution in [0.3, 0.4) is 0 Å². The van der Waals surface area contributed by atoms with E-state index < -0.39 is 0 Å². The fraction of sp³-hybridized carbons (Fsp3) is 0.538. The van der Waals surface area contributed by atoms with Crippen LogP contribution in [0.25, 0.3) is 0 Å². The normalized spacial score (nSPS) is 17.2. The van der Waals surface area contributed by atoms with Crippen molar-refractivity contribution in [2.45, 2.75) is 19.3 Å². The van der Waals surface area contributed by atoms with Gasteiger partial charge in [-0.05, 0) is 31.0 Å². The molecule has 0 saturated carbocycles. The number of ether oxygens (including phenoxy) is 1. The number of hydrogen-bond donors (Lipinski definition) is 1. The summed E-state index contributed by atoms with van der Waals surface area (Å²) in [5.41, 5.74) is 9.95.